The van der Waals surface area contributed by atoms with Crippen molar-refractivity contribution in [1.29, 1.82) is 0 Å². The van der Waals surface area contributed by atoms with Gasteiger partial charge in [-0.3, -0.25) is 14.4 Å². The molecule has 120 valence electrons. The minimum Gasteiger partial charge on any atom is -0.481 e. The van der Waals surface area contributed by atoms with Crippen LogP contribution >= 0.6 is 0 Å². The summed E-state index contributed by atoms with van der Waals surface area (Å²) >= 11 is 0. The lowest BCUT2D eigenvalue weighted by atomic mass is 10.1. The number of carbonyl (C=O) groups excluding carboxylic acids is 2. The van der Waals surface area contributed by atoms with Gasteiger partial charge in [0.1, 0.15) is 0 Å². The second-order valence-corrected chi connectivity index (χ2v) is 5.30. The minimum absolute atomic E-state index is 0.0187. The molecule has 1 rings (SSSR count). The van der Waals surface area contributed by atoms with Crippen molar-refractivity contribution in [3.8, 4) is 0 Å². The van der Waals surface area contributed by atoms with Crippen LogP contribution in [0.2, 0.25) is 0 Å². The van der Waals surface area contributed by atoms with Crippen LogP contribution in [0.1, 0.15) is 66.2 Å². The highest BCUT2D eigenvalue weighted by molar-refractivity contribution is 5.97. The molecule has 0 saturated heterocycles. The van der Waals surface area contributed by atoms with Crippen LogP contribution in [0.3, 0.4) is 0 Å². The van der Waals surface area contributed by atoms with Gasteiger partial charge in [0.15, 0.2) is 5.78 Å². The Morgan fingerprint density at radius 2 is 1.45 bits per heavy atom. The summed E-state index contributed by atoms with van der Waals surface area (Å²) in [6.07, 6.45) is 4.69. The van der Waals surface area contributed by atoms with Crippen LogP contribution in [0.25, 0.3) is 0 Å². The summed E-state index contributed by atoms with van der Waals surface area (Å²) in [6, 6.07) is 6.61. The Bertz CT molecular complexity index is 508. The van der Waals surface area contributed by atoms with Gasteiger partial charge in [0.25, 0.3) is 5.91 Å². The predicted molar refractivity (Wildman–Crippen MR) is 84.1 cm³/mol. The van der Waals surface area contributed by atoms with E-state index in [0.29, 0.717) is 24.1 Å². The number of nitrogens with one attached hydrogen (secondary N) is 1. The molecule has 0 saturated carbocycles. The molecular formula is C17H23NO4. The molecule has 2 N–H and O–H groups in total. The summed E-state index contributed by atoms with van der Waals surface area (Å²) in [7, 11) is 0. The number of amides is 1. The number of aliphatic carboxylic acids is 1. The van der Waals surface area contributed by atoms with Crippen molar-refractivity contribution in [2.24, 2.45) is 0 Å². The lowest BCUT2D eigenvalue weighted by Gasteiger charge is -2.06. The van der Waals surface area contributed by atoms with Gasteiger partial charge in [-0.05, 0) is 31.9 Å². The maximum atomic E-state index is 11.9. The third kappa shape index (κ3) is 7.02. The lowest BCUT2D eigenvalue weighted by molar-refractivity contribution is -0.137. The largest absolute Gasteiger partial charge is 0.481 e. The summed E-state index contributed by atoms with van der Waals surface area (Å²) < 4.78 is 0. The van der Waals surface area contributed by atoms with Gasteiger partial charge < -0.3 is 10.4 Å². The van der Waals surface area contributed by atoms with Crippen LogP contribution in [0.5, 0.6) is 0 Å². The number of carbonyl (C=O) groups is 3. The van der Waals surface area contributed by atoms with Gasteiger partial charge in [0.05, 0.1) is 0 Å². The molecule has 0 aromatic heterocycles. The van der Waals surface area contributed by atoms with E-state index in [2.05, 4.69) is 5.32 Å². The van der Waals surface area contributed by atoms with Crippen molar-refractivity contribution in [1.82, 2.24) is 5.32 Å². The molecule has 22 heavy (non-hydrogen) atoms. The minimum atomic E-state index is -0.747. The van der Waals surface area contributed by atoms with E-state index < -0.39 is 5.97 Å². The maximum Gasteiger partial charge on any atom is 0.303 e. The van der Waals surface area contributed by atoms with E-state index >= 15 is 0 Å². The van der Waals surface area contributed by atoms with E-state index in [-0.39, 0.29) is 18.1 Å². The number of carboxylic acid groups (broad SMARTS) is 1. The van der Waals surface area contributed by atoms with Crippen molar-refractivity contribution in [3.63, 3.8) is 0 Å². The first kappa shape index (κ1) is 17.9. The Hall–Kier alpha value is -2.17. The van der Waals surface area contributed by atoms with Crippen molar-refractivity contribution in [2.75, 3.05) is 6.54 Å². The number of ketones is 1. The highest BCUT2D eigenvalue weighted by Gasteiger charge is 2.06. The molecule has 0 aliphatic carbocycles. The first-order valence-corrected chi connectivity index (χ1v) is 7.61. The number of hydrogen-bond acceptors (Lipinski definition) is 3. The smallest absolute Gasteiger partial charge is 0.303 e. The Labute approximate surface area is 130 Å². The topological polar surface area (TPSA) is 83.5 Å². The fourth-order valence-corrected chi connectivity index (χ4v) is 2.09. The summed E-state index contributed by atoms with van der Waals surface area (Å²) in [5.41, 5.74) is 1.14. The van der Waals surface area contributed by atoms with Crippen LogP contribution in [-0.2, 0) is 4.79 Å². The van der Waals surface area contributed by atoms with Crippen molar-refractivity contribution < 1.29 is 19.5 Å². The first-order chi connectivity index (χ1) is 10.5. The Kier molecular flexibility index (Phi) is 7.89. The second-order valence-electron chi connectivity index (χ2n) is 5.30. The molecule has 0 unspecified atom stereocenters. The lowest BCUT2D eigenvalue weighted by Crippen LogP contribution is -2.24. The molecular weight excluding hydrogens is 282 g/mol. The molecule has 0 aliphatic rings. The van der Waals surface area contributed by atoms with E-state index in [4.69, 9.17) is 5.11 Å². The fourth-order valence-electron chi connectivity index (χ4n) is 2.09. The van der Waals surface area contributed by atoms with E-state index in [9.17, 15) is 14.4 Å². The molecule has 5 nitrogen and oxygen atoms in total. The van der Waals surface area contributed by atoms with Crippen LogP contribution in [-0.4, -0.2) is 29.3 Å². The normalized spacial score (nSPS) is 10.2. The molecule has 1 amide bonds. The zero-order valence-corrected chi connectivity index (χ0v) is 12.9. The highest BCUT2D eigenvalue weighted by Crippen LogP contribution is 2.07. The SMILES string of the molecule is CC(=O)c1ccc(C(=O)NCCCCCCCC(=O)O)cc1. The van der Waals surface area contributed by atoms with Gasteiger partial charge in [-0.1, -0.05) is 31.4 Å². The number of hydrogen-bond donors (Lipinski definition) is 2. The molecule has 0 bridgehead atoms. The Balaban J connectivity index is 2.15. The maximum absolute atomic E-state index is 11.9. The number of benzene rings is 1. The number of unbranched alkanes of at least 4 members (excludes halogenated alkanes) is 4. The first-order valence-electron chi connectivity index (χ1n) is 7.61. The number of Topliss-reactive ketones (excluding diaryl/α,β-unsaturated/α-hetero) is 1. The average molecular weight is 305 g/mol. The van der Waals surface area contributed by atoms with Crippen molar-refractivity contribution >= 4 is 17.7 Å². The van der Waals surface area contributed by atoms with Gasteiger partial charge in [0.2, 0.25) is 0 Å². The Morgan fingerprint density at radius 1 is 0.909 bits per heavy atom. The fraction of sp³-hybridized carbons (Fsp3) is 0.471. The molecule has 0 atom stereocenters. The van der Waals surface area contributed by atoms with E-state index in [1.54, 1.807) is 24.3 Å². The number of carboxylic acids is 1. The van der Waals surface area contributed by atoms with Gasteiger partial charge >= 0.3 is 5.97 Å². The quantitative estimate of drug-likeness (QED) is 0.514. The van der Waals surface area contributed by atoms with Gasteiger partial charge in [-0.2, -0.15) is 0 Å². The zero-order valence-electron chi connectivity index (χ0n) is 12.9. The van der Waals surface area contributed by atoms with Crippen molar-refractivity contribution in [3.05, 3.63) is 35.4 Å². The summed E-state index contributed by atoms with van der Waals surface area (Å²) in [5, 5.41) is 11.3. The van der Waals surface area contributed by atoms with Crippen LogP contribution in [0.15, 0.2) is 24.3 Å². The molecule has 1 aromatic carbocycles. The van der Waals surface area contributed by atoms with Crippen LogP contribution in [0, 0.1) is 0 Å². The predicted octanol–water partition coefficient (Wildman–Crippen LogP) is 3.04. The standard InChI is InChI=1S/C17H23NO4/c1-13(19)14-8-10-15(11-9-14)17(22)18-12-6-4-2-3-5-7-16(20)21/h8-11H,2-7,12H2,1H3,(H,18,22)(H,20,21). The molecule has 1 aromatic rings. The number of rotatable bonds is 10. The van der Waals surface area contributed by atoms with Crippen LogP contribution in [0.4, 0.5) is 0 Å². The van der Waals surface area contributed by atoms with Gasteiger partial charge in [-0.25, -0.2) is 0 Å². The third-order valence-electron chi connectivity index (χ3n) is 3.41. The monoisotopic (exact) mass is 305 g/mol. The summed E-state index contributed by atoms with van der Waals surface area (Å²) in [5.74, 6) is -0.904. The molecule has 0 spiro atoms. The Morgan fingerprint density at radius 3 is 2.05 bits per heavy atom. The summed E-state index contributed by atoms with van der Waals surface area (Å²) in [6.45, 7) is 2.10. The third-order valence-corrected chi connectivity index (χ3v) is 3.41. The van der Waals surface area contributed by atoms with E-state index in [1.807, 2.05) is 0 Å². The highest BCUT2D eigenvalue weighted by atomic mass is 16.4. The summed E-state index contributed by atoms with van der Waals surface area (Å²) in [4.78, 5) is 33.4. The molecule has 0 radical (unpaired) electrons. The molecule has 0 aliphatic heterocycles. The van der Waals surface area contributed by atoms with E-state index in [1.165, 1.54) is 6.92 Å². The molecule has 0 fully saturated rings. The second kappa shape index (κ2) is 9.71. The van der Waals surface area contributed by atoms with Gasteiger partial charge in [0, 0.05) is 24.1 Å². The average Bonchev–Trinajstić information content (AvgIpc) is 2.49. The van der Waals surface area contributed by atoms with Crippen molar-refractivity contribution in [2.45, 2.75) is 45.4 Å². The molecule has 0 heterocycles. The van der Waals surface area contributed by atoms with Crippen LogP contribution < -0.4 is 5.32 Å². The van der Waals surface area contributed by atoms with E-state index in [0.717, 1.165) is 25.7 Å². The molecule has 5 heteroatoms. The zero-order chi connectivity index (χ0) is 16.4. The van der Waals surface area contributed by atoms with Gasteiger partial charge in [-0.15, -0.1) is 0 Å².